The van der Waals surface area contributed by atoms with Gasteiger partial charge in [0.1, 0.15) is 12.5 Å². The number of rotatable bonds is 7. The highest BCUT2D eigenvalue weighted by Crippen LogP contribution is 2.30. The number of carbonyl (C=O) groups is 1. The van der Waals surface area contributed by atoms with Crippen molar-refractivity contribution < 1.29 is 18.7 Å². The standard InChI is InChI=1S/C20H21F2N5O2S/c1-13-19(8-23-26(13)7-6-21)30-27-10-14-9-25(11-18(14)24-27)20(29)16(12-28)15-4-2-3-5-17(15)22/h2-5,8,10,16,28H,6-7,9,11-12H2,1H3. The van der Waals surface area contributed by atoms with E-state index in [0.717, 1.165) is 21.8 Å². The fourth-order valence-corrected chi connectivity index (χ4v) is 4.40. The van der Waals surface area contributed by atoms with Gasteiger partial charge in [-0.25, -0.2) is 12.9 Å². The minimum Gasteiger partial charge on any atom is -0.395 e. The molecule has 1 aromatic carbocycles. The molecule has 7 nitrogen and oxygen atoms in total. The van der Waals surface area contributed by atoms with Gasteiger partial charge in [-0.3, -0.25) is 9.48 Å². The Morgan fingerprint density at radius 3 is 2.83 bits per heavy atom. The summed E-state index contributed by atoms with van der Waals surface area (Å²) in [5, 5.41) is 18.4. The number of hydrogen-bond acceptors (Lipinski definition) is 5. The third kappa shape index (κ3) is 3.84. The summed E-state index contributed by atoms with van der Waals surface area (Å²) in [6.07, 6.45) is 3.52. The fourth-order valence-electron chi connectivity index (χ4n) is 3.54. The molecule has 158 valence electrons. The van der Waals surface area contributed by atoms with Crippen molar-refractivity contribution in [2.75, 3.05) is 13.3 Å². The average Bonchev–Trinajstić information content (AvgIpc) is 3.39. The number of nitrogens with zero attached hydrogens (tertiary/aromatic N) is 5. The molecule has 0 bridgehead atoms. The monoisotopic (exact) mass is 433 g/mol. The summed E-state index contributed by atoms with van der Waals surface area (Å²) >= 11 is 1.37. The van der Waals surface area contributed by atoms with Crippen LogP contribution >= 0.6 is 11.9 Å². The number of aliphatic hydroxyl groups excluding tert-OH is 1. The summed E-state index contributed by atoms with van der Waals surface area (Å²) in [6, 6.07) is 5.99. The quantitative estimate of drug-likeness (QED) is 0.620. The van der Waals surface area contributed by atoms with Crippen molar-refractivity contribution in [3.8, 4) is 0 Å². The number of carbonyl (C=O) groups excluding carboxylic acids is 1. The highest BCUT2D eigenvalue weighted by atomic mass is 32.2. The number of alkyl halides is 1. The van der Waals surface area contributed by atoms with Gasteiger partial charge in [0.15, 0.2) is 0 Å². The molecule has 2 aromatic heterocycles. The van der Waals surface area contributed by atoms with Gasteiger partial charge in [0.25, 0.3) is 0 Å². The van der Waals surface area contributed by atoms with E-state index in [4.69, 9.17) is 0 Å². The molecular formula is C20H21F2N5O2S. The van der Waals surface area contributed by atoms with Crippen molar-refractivity contribution in [2.24, 2.45) is 0 Å². The Balaban J connectivity index is 1.45. The molecule has 0 aliphatic carbocycles. The summed E-state index contributed by atoms with van der Waals surface area (Å²) in [6.45, 7) is 1.79. The minimum absolute atomic E-state index is 0.191. The van der Waals surface area contributed by atoms with E-state index < -0.39 is 25.0 Å². The molecule has 0 spiro atoms. The van der Waals surface area contributed by atoms with Crippen LogP contribution in [0.3, 0.4) is 0 Å². The molecule has 3 aromatic rings. The van der Waals surface area contributed by atoms with Gasteiger partial charge in [-0.05, 0) is 13.0 Å². The number of fused-ring (bicyclic) bond motifs is 1. The van der Waals surface area contributed by atoms with Gasteiger partial charge in [0, 0.05) is 35.8 Å². The molecule has 0 saturated heterocycles. The van der Waals surface area contributed by atoms with Gasteiger partial charge in [-0.1, -0.05) is 18.2 Å². The molecule has 4 rings (SSSR count). The lowest BCUT2D eigenvalue weighted by atomic mass is 9.98. The smallest absolute Gasteiger partial charge is 0.233 e. The van der Waals surface area contributed by atoms with Gasteiger partial charge in [-0.15, -0.1) is 0 Å². The lowest BCUT2D eigenvalue weighted by Crippen LogP contribution is -2.33. The molecule has 1 aliphatic heterocycles. The highest BCUT2D eigenvalue weighted by Gasteiger charge is 2.33. The first-order chi connectivity index (χ1) is 14.5. The second-order valence-corrected chi connectivity index (χ2v) is 8.05. The van der Waals surface area contributed by atoms with E-state index in [9.17, 15) is 18.7 Å². The van der Waals surface area contributed by atoms with Crippen LogP contribution in [0, 0.1) is 12.7 Å². The van der Waals surface area contributed by atoms with Crippen molar-refractivity contribution in [1.29, 1.82) is 0 Å². The lowest BCUT2D eigenvalue weighted by Gasteiger charge is -2.22. The highest BCUT2D eigenvalue weighted by molar-refractivity contribution is 7.97. The normalized spacial score (nSPS) is 14.2. The Hall–Kier alpha value is -2.72. The molecule has 1 amide bonds. The maximum atomic E-state index is 14.1. The van der Waals surface area contributed by atoms with E-state index in [1.807, 2.05) is 13.1 Å². The van der Waals surface area contributed by atoms with Gasteiger partial charge in [0.2, 0.25) is 5.91 Å². The van der Waals surface area contributed by atoms with E-state index in [-0.39, 0.29) is 18.0 Å². The second-order valence-electron chi connectivity index (χ2n) is 7.05. The second kappa shape index (κ2) is 8.57. The molecule has 0 fully saturated rings. The molecule has 0 saturated carbocycles. The van der Waals surface area contributed by atoms with E-state index in [1.165, 1.54) is 24.1 Å². The molecule has 30 heavy (non-hydrogen) atoms. The van der Waals surface area contributed by atoms with E-state index in [0.29, 0.717) is 13.1 Å². The summed E-state index contributed by atoms with van der Waals surface area (Å²) < 4.78 is 30.0. The number of aromatic nitrogens is 4. The van der Waals surface area contributed by atoms with Crippen LogP contribution in [0.1, 0.15) is 28.4 Å². The first kappa shape index (κ1) is 20.5. The Bertz CT molecular complexity index is 1040. The summed E-state index contributed by atoms with van der Waals surface area (Å²) in [5.74, 6) is -1.78. The van der Waals surface area contributed by atoms with Crippen LogP contribution in [0.2, 0.25) is 0 Å². The van der Waals surface area contributed by atoms with Crippen molar-refractivity contribution in [3.05, 3.63) is 65.0 Å². The molecule has 3 heterocycles. The lowest BCUT2D eigenvalue weighted by molar-refractivity contribution is -0.134. The molecular weight excluding hydrogens is 412 g/mol. The number of hydrogen-bond donors (Lipinski definition) is 1. The third-order valence-corrected chi connectivity index (χ3v) is 6.15. The maximum Gasteiger partial charge on any atom is 0.233 e. The Labute approximate surface area is 176 Å². The molecule has 1 N–H and O–H groups in total. The predicted molar refractivity (Wildman–Crippen MR) is 107 cm³/mol. The molecule has 10 heteroatoms. The van der Waals surface area contributed by atoms with Gasteiger partial charge >= 0.3 is 0 Å². The Kier molecular flexibility index (Phi) is 5.87. The van der Waals surface area contributed by atoms with Crippen LogP contribution in [0.5, 0.6) is 0 Å². The number of amides is 1. The minimum atomic E-state index is -0.944. The summed E-state index contributed by atoms with van der Waals surface area (Å²) in [4.78, 5) is 15.3. The number of aliphatic hydroxyl groups is 1. The Morgan fingerprint density at radius 2 is 2.13 bits per heavy atom. The first-order valence-electron chi connectivity index (χ1n) is 9.50. The zero-order valence-corrected chi connectivity index (χ0v) is 17.1. The van der Waals surface area contributed by atoms with Crippen LogP contribution in [-0.2, 0) is 24.4 Å². The van der Waals surface area contributed by atoms with Crippen LogP contribution < -0.4 is 0 Å². The molecule has 1 atom stereocenters. The topological polar surface area (TPSA) is 76.2 Å². The van der Waals surface area contributed by atoms with Crippen LogP contribution in [0.15, 0.2) is 41.6 Å². The van der Waals surface area contributed by atoms with Crippen molar-refractivity contribution in [3.63, 3.8) is 0 Å². The van der Waals surface area contributed by atoms with E-state index in [2.05, 4.69) is 10.2 Å². The first-order valence-corrected chi connectivity index (χ1v) is 10.3. The maximum absolute atomic E-state index is 14.1. The van der Waals surface area contributed by atoms with Gasteiger partial charge < -0.3 is 10.0 Å². The van der Waals surface area contributed by atoms with Crippen molar-refractivity contribution >= 4 is 17.9 Å². The van der Waals surface area contributed by atoms with E-state index in [1.54, 1.807) is 32.0 Å². The number of halogens is 2. The molecule has 0 radical (unpaired) electrons. The zero-order chi connectivity index (χ0) is 21.3. The summed E-state index contributed by atoms with van der Waals surface area (Å²) in [7, 11) is 0. The SMILES string of the molecule is Cc1c(Sn2cc3c(n2)CN(C(=O)C(CO)c2ccccc2F)C3)cnn1CCF. The third-order valence-electron chi connectivity index (χ3n) is 5.18. The Morgan fingerprint density at radius 1 is 1.33 bits per heavy atom. The van der Waals surface area contributed by atoms with Gasteiger partial charge in [0.05, 0.1) is 48.1 Å². The van der Waals surface area contributed by atoms with Gasteiger partial charge in [-0.2, -0.15) is 10.2 Å². The molecule has 1 aliphatic rings. The van der Waals surface area contributed by atoms with Crippen LogP contribution in [0.25, 0.3) is 0 Å². The van der Waals surface area contributed by atoms with Crippen LogP contribution in [0.4, 0.5) is 8.78 Å². The predicted octanol–water partition coefficient (Wildman–Crippen LogP) is 2.67. The largest absolute Gasteiger partial charge is 0.395 e. The van der Waals surface area contributed by atoms with E-state index >= 15 is 0 Å². The fraction of sp³-hybridized carbons (Fsp3) is 0.350. The molecule has 1 unspecified atom stereocenters. The van der Waals surface area contributed by atoms with Crippen molar-refractivity contribution in [2.45, 2.75) is 37.4 Å². The van der Waals surface area contributed by atoms with Crippen molar-refractivity contribution in [1.82, 2.24) is 23.9 Å². The number of benzene rings is 1. The number of aryl methyl sites for hydroxylation is 1. The summed E-state index contributed by atoms with van der Waals surface area (Å²) in [5.41, 5.74) is 2.71. The van der Waals surface area contributed by atoms with Crippen LogP contribution in [-0.4, -0.2) is 48.2 Å². The zero-order valence-electron chi connectivity index (χ0n) is 16.3. The average molecular weight is 433 g/mol.